The molecule has 2 spiro atoms. The Kier molecular flexibility index (Phi) is 7.03. The number of carbonyl (C=O) groups is 1. The normalized spacial score (nSPS) is 31.9. The number of anilines is 2. The predicted octanol–water partition coefficient (Wildman–Crippen LogP) is 4.07. The molecule has 7 rings (SSSR count). The van der Waals surface area contributed by atoms with Crippen molar-refractivity contribution in [2.24, 2.45) is 0 Å². The quantitative estimate of drug-likeness (QED) is 0.533. The molecular weight excluding hydrogens is 550 g/mol. The van der Waals surface area contributed by atoms with E-state index < -0.39 is 58.2 Å². The molecule has 2 N–H and O–H groups in total. The minimum absolute atomic E-state index is 0.0408. The topological polar surface area (TPSA) is 134 Å². The molecule has 5 atom stereocenters. The van der Waals surface area contributed by atoms with E-state index in [9.17, 15) is 13.2 Å². The minimum Gasteiger partial charge on any atom is -0.341 e. The van der Waals surface area contributed by atoms with Crippen molar-refractivity contribution in [2.75, 3.05) is 10.0 Å². The Labute approximate surface area is 239 Å². The molecule has 1 aromatic carbocycles. The van der Waals surface area contributed by atoms with Crippen LogP contribution in [0.25, 0.3) is 0 Å². The van der Waals surface area contributed by atoms with Gasteiger partial charge in [0, 0.05) is 37.6 Å². The van der Waals surface area contributed by atoms with Crippen molar-refractivity contribution < 1.29 is 36.9 Å². The van der Waals surface area contributed by atoms with Gasteiger partial charge in [0.1, 0.15) is 24.1 Å². The van der Waals surface area contributed by atoms with Crippen LogP contribution in [0.5, 0.6) is 0 Å². The maximum Gasteiger partial charge on any atom is 0.263 e. The van der Waals surface area contributed by atoms with Crippen LogP contribution >= 0.6 is 0 Å². The van der Waals surface area contributed by atoms with E-state index >= 15 is 0 Å². The summed E-state index contributed by atoms with van der Waals surface area (Å²) in [5.74, 6) is -1.65. The van der Waals surface area contributed by atoms with Gasteiger partial charge in [-0.2, -0.15) is 0 Å². The number of carbonyl (C=O) groups excluding carboxylic acids is 1. The highest BCUT2D eigenvalue weighted by Gasteiger charge is 2.65. The van der Waals surface area contributed by atoms with Gasteiger partial charge in [0.25, 0.3) is 15.9 Å². The molecule has 3 aliphatic heterocycles. The van der Waals surface area contributed by atoms with Crippen LogP contribution < -0.4 is 10.0 Å². The molecule has 0 bridgehead atoms. The van der Waals surface area contributed by atoms with Crippen molar-refractivity contribution in [1.29, 1.82) is 0 Å². The van der Waals surface area contributed by atoms with Crippen molar-refractivity contribution in [3.05, 3.63) is 48.7 Å². The Balaban J connectivity index is 1.09. The minimum atomic E-state index is -3.85. The first-order chi connectivity index (χ1) is 19.8. The monoisotopic (exact) mass is 585 g/mol. The number of hydrogen-bond donors (Lipinski definition) is 2. The number of rotatable bonds is 5. The van der Waals surface area contributed by atoms with Gasteiger partial charge in [0.15, 0.2) is 24.0 Å². The number of ether oxygens (including phenoxy) is 5. The number of nitrogens with zero attached hydrogens (tertiary/aromatic N) is 1. The van der Waals surface area contributed by atoms with Crippen LogP contribution in [0.2, 0.25) is 0 Å². The predicted molar refractivity (Wildman–Crippen MR) is 146 cm³/mol. The first-order valence-electron chi connectivity index (χ1n) is 14.6. The van der Waals surface area contributed by atoms with Gasteiger partial charge in [-0.15, -0.1) is 0 Å². The molecule has 3 saturated heterocycles. The average molecular weight is 586 g/mol. The molecule has 0 radical (unpaired) electrons. The van der Waals surface area contributed by atoms with Gasteiger partial charge in [0.2, 0.25) is 0 Å². The maximum atomic E-state index is 13.7. The van der Waals surface area contributed by atoms with Crippen LogP contribution in [0.4, 0.5) is 11.5 Å². The molecule has 220 valence electrons. The number of pyridine rings is 1. The SMILES string of the molecule is O=C(Nc1ccc(S(=O)(=O)Nc2ccccn2)cc1)C1O[C@@H]2OC3(CCCCC3)O[C@@H]2[C@H]2OC3(CCCCC3)O[C@@H]12. The molecule has 2 saturated carbocycles. The maximum absolute atomic E-state index is 13.7. The summed E-state index contributed by atoms with van der Waals surface area (Å²) in [6.45, 7) is 0. The van der Waals surface area contributed by atoms with Gasteiger partial charge in [-0.1, -0.05) is 18.9 Å². The lowest BCUT2D eigenvalue weighted by Crippen LogP contribution is -2.58. The Hall–Kier alpha value is -2.61. The zero-order chi connectivity index (χ0) is 28.1. The summed E-state index contributed by atoms with van der Waals surface area (Å²) >= 11 is 0. The van der Waals surface area contributed by atoms with Crippen molar-refractivity contribution >= 4 is 27.4 Å². The smallest absolute Gasteiger partial charge is 0.263 e. The van der Waals surface area contributed by atoms with Crippen LogP contribution in [-0.4, -0.2) is 61.6 Å². The molecule has 2 aliphatic carbocycles. The highest BCUT2D eigenvalue weighted by atomic mass is 32.2. The lowest BCUT2D eigenvalue weighted by atomic mass is 9.94. The number of nitrogens with one attached hydrogen (secondary N) is 2. The fraction of sp³-hybridized carbons (Fsp3) is 0.586. The molecule has 5 aliphatic rings. The number of amides is 1. The van der Waals surface area contributed by atoms with Crippen molar-refractivity contribution in [3.8, 4) is 0 Å². The van der Waals surface area contributed by atoms with Crippen molar-refractivity contribution in [3.63, 3.8) is 0 Å². The first-order valence-corrected chi connectivity index (χ1v) is 16.0. The van der Waals surface area contributed by atoms with Crippen molar-refractivity contribution in [1.82, 2.24) is 4.98 Å². The third kappa shape index (κ3) is 5.26. The van der Waals surface area contributed by atoms with E-state index in [0.717, 1.165) is 64.2 Å². The Bertz CT molecular complexity index is 1360. The molecule has 5 fully saturated rings. The zero-order valence-electron chi connectivity index (χ0n) is 22.7. The highest BCUT2D eigenvalue weighted by molar-refractivity contribution is 7.92. The lowest BCUT2D eigenvalue weighted by Gasteiger charge is -2.36. The molecule has 4 heterocycles. The van der Waals surface area contributed by atoms with Crippen LogP contribution in [0.3, 0.4) is 0 Å². The largest absolute Gasteiger partial charge is 0.341 e. The van der Waals surface area contributed by atoms with E-state index in [1.165, 1.54) is 30.5 Å². The van der Waals surface area contributed by atoms with Gasteiger partial charge in [-0.05, 0) is 62.1 Å². The van der Waals surface area contributed by atoms with Crippen molar-refractivity contribution in [2.45, 2.75) is 111 Å². The number of sulfonamides is 1. The molecule has 12 heteroatoms. The summed E-state index contributed by atoms with van der Waals surface area (Å²) in [5.41, 5.74) is 0.424. The number of benzene rings is 1. The van der Waals surface area contributed by atoms with Gasteiger partial charge >= 0.3 is 0 Å². The summed E-state index contributed by atoms with van der Waals surface area (Å²) in [5, 5.41) is 2.87. The van der Waals surface area contributed by atoms with E-state index in [2.05, 4.69) is 15.0 Å². The molecule has 1 amide bonds. The lowest BCUT2D eigenvalue weighted by molar-refractivity contribution is -0.246. The number of fused-ring (bicyclic) bond motifs is 3. The number of hydrogen-bond acceptors (Lipinski definition) is 9. The fourth-order valence-electron chi connectivity index (χ4n) is 6.72. The Morgan fingerprint density at radius 2 is 1.41 bits per heavy atom. The molecule has 1 unspecified atom stereocenters. The van der Waals surface area contributed by atoms with E-state index in [1.807, 2.05) is 0 Å². The summed E-state index contributed by atoms with van der Waals surface area (Å²) < 4.78 is 60.3. The molecule has 1 aromatic heterocycles. The molecular formula is C29H35N3O8S. The second-order valence-corrected chi connectivity index (χ2v) is 13.2. The fourth-order valence-corrected chi connectivity index (χ4v) is 7.73. The van der Waals surface area contributed by atoms with E-state index in [-0.39, 0.29) is 10.7 Å². The Morgan fingerprint density at radius 1 is 0.780 bits per heavy atom. The van der Waals surface area contributed by atoms with Crippen LogP contribution in [0, 0.1) is 0 Å². The summed E-state index contributed by atoms with van der Waals surface area (Å²) in [6, 6.07) is 10.9. The van der Waals surface area contributed by atoms with Gasteiger partial charge in [-0.3, -0.25) is 9.52 Å². The summed E-state index contributed by atoms with van der Waals surface area (Å²) in [4.78, 5) is 17.7. The second-order valence-electron chi connectivity index (χ2n) is 11.6. The summed E-state index contributed by atoms with van der Waals surface area (Å²) in [6.07, 6.45) is 7.56. The third-order valence-electron chi connectivity index (χ3n) is 8.70. The van der Waals surface area contributed by atoms with E-state index in [1.54, 1.807) is 18.2 Å². The number of aromatic nitrogens is 1. The van der Waals surface area contributed by atoms with Crippen LogP contribution in [0.15, 0.2) is 53.6 Å². The van der Waals surface area contributed by atoms with Gasteiger partial charge < -0.3 is 29.0 Å². The first kappa shape index (κ1) is 27.2. The molecule has 2 aromatic rings. The van der Waals surface area contributed by atoms with Gasteiger partial charge in [-0.25, -0.2) is 13.4 Å². The van der Waals surface area contributed by atoms with Crippen LogP contribution in [-0.2, 0) is 38.5 Å². The van der Waals surface area contributed by atoms with E-state index in [4.69, 9.17) is 23.7 Å². The Morgan fingerprint density at radius 3 is 2.07 bits per heavy atom. The summed E-state index contributed by atoms with van der Waals surface area (Å²) in [7, 11) is -3.85. The second kappa shape index (κ2) is 10.6. The standard InChI is InChI=1S/C29H35N3O8S/c33-26(31-19-10-12-20(13-11-19)41(34,35)32-21-9-3-8-18-30-21)24-22-23(38-28(37-22)14-4-1-5-15-28)25-27(36-24)40-29(39-25)16-6-2-7-17-29/h3,8-13,18,22-25,27H,1-2,4-7,14-17H2,(H,30,32)(H,31,33)/t22-,23+,24?,25-,27-/m1/s1. The zero-order valence-corrected chi connectivity index (χ0v) is 23.5. The van der Waals surface area contributed by atoms with E-state index in [0.29, 0.717) is 5.69 Å². The molecule has 11 nitrogen and oxygen atoms in total. The van der Waals surface area contributed by atoms with Crippen LogP contribution in [0.1, 0.15) is 64.2 Å². The van der Waals surface area contributed by atoms with Gasteiger partial charge in [0.05, 0.1) is 4.90 Å². The highest BCUT2D eigenvalue weighted by Crippen LogP contribution is 2.51. The molecule has 41 heavy (non-hydrogen) atoms. The average Bonchev–Trinajstić information content (AvgIpc) is 3.51. The third-order valence-corrected chi connectivity index (χ3v) is 10.1.